The molecule has 3 rings (SSSR count). The van der Waals surface area contributed by atoms with Crippen LogP contribution in [0.2, 0.25) is 0 Å². The first-order chi connectivity index (χ1) is 10.7. The third-order valence-electron chi connectivity index (χ3n) is 4.06. The van der Waals surface area contributed by atoms with Gasteiger partial charge in [-0.25, -0.2) is 4.39 Å². The maximum atomic E-state index is 13.0. The average molecular weight is 303 g/mol. The topological polar surface area (TPSA) is 41.3 Å². The lowest BCUT2D eigenvalue weighted by molar-refractivity contribution is 0.360. The molecule has 1 aliphatic rings. The van der Waals surface area contributed by atoms with E-state index < -0.39 is 0 Å². The lowest BCUT2D eigenvalue weighted by Crippen LogP contribution is -2.32. The van der Waals surface area contributed by atoms with Crippen LogP contribution in [0, 0.1) is 5.82 Å². The highest BCUT2D eigenvalue weighted by molar-refractivity contribution is 5.47. The molecule has 1 aliphatic heterocycles. The van der Waals surface area contributed by atoms with Crippen LogP contribution in [-0.2, 0) is 13.0 Å². The molecule has 1 N–H and O–H groups in total. The average Bonchev–Trinajstić information content (AvgIpc) is 3.16. The first-order valence-electron chi connectivity index (χ1n) is 7.93. The molecular weight excluding hydrogens is 281 g/mol. The van der Waals surface area contributed by atoms with E-state index in [2.05, 4.69) is 22.3 Å². The molecular formula is C17H22FN3O. The molecule has 0 saturated carbocycles. The number of halogens is 1. The van der Waals surface area contributed by atoms with E-state index in [-0.39, 0.29) is 5.82 Å². The largest absolute Gasteiger partial charge is 0.370 e. The fourth-order valence-corrected chi connectivity index (χ4v) is 2.87. The summed E-state index contributed by atoms with van der Waals surface area (Å²) in [6.45, 7) is 4.76. The molecule has 2 aromatic rings. The van der Waals surface area contributed by atoms with Gasteiger partial charge in [0.15, 0.2) is 5.76 Å². The summed E-state index contributed by atoms with van der Waals surface area (Å²) < 4.78 is 18.3. The van der Waals surface area contributed by atoms with E-state index in [1.165, 1.54) is 12.1 Å². The first-order valence-corrected chi connectivity index (χ1v) is 7.93. The smallest absolute Gasteiger partial charge is 0.150 e. The zero-order chi connectivity index (χ0) is 15.4. The summed E-state index contributed by atoms with van der Waals surface area (Å²) in [5.41, 5.74) is 2.11. The highest BCUT2D eigenvalue weighted by Crippen LogP contribution is 2.20. The Morgan fingerprint density at radius 1 is 1.36 bits per heavy atom. The number of nitrogens with zero attached hydrogens (tertiary/aromatic N) is 2. The summed E-state index contributed by atoms with van der Waals surface area (Å²) in [5.74, 6) is 0.703. The molecule has 5 heteroatoms. The molecule has 0 amide bonds. The molecule has 1 saturated heterocycles. The van der Waals surface area contributed by atoms with Crippen molar-refractivity contribution in [1.82, 2.24) is 10.5 Å². The van der Waals surface area contributed by atoms with Gasteiger partial charge in [0.25, 0.3) is 0 Å². The van der Waals surface area contributed by atoms with Crippen molar-refractivity contribution in [2.24, 2.45) is 0 Å². The van der Waals surface area contributed by atoms with Gasteiger partial charge in [-0.15, -0.1) is 0 Å². The van der Waals surface area contributed by atoms with Gasteiger partial charge in [-0.3, -0.25) is 0 Å². The normalized spacial score (nSPS) is 18.1. The highest BCUT2D eigenvalue weighted by Gasteiger charge is 2.22. The van der Waals surface area contributed by atoms with Crippen molar-refractivity contribution in [3.8, 4) is 0 Å². The molecule has 0 unspecified atom stereocenters. The minimum atomic E-state index is -0.189. The van der Waals surface area contributed by atoms with Crippen LogP contribution in [0.5, 0.6) is 0 Å². The van der Waals surface area contributed by atoms with E-state index in [4.69, 9.17) is 4.52 Å². The molecule has 1 aromatic heterocycles. The fraction of sp³-hybridized carbons (Fsp3) is 0.471. The summed E-state index contributed by atoms with van der Waals surface area (Å²) in [6, 6.07) is 9.16. The second-order valence-corrected chi connectivity index (χ2v) is 5.82. The van der Waals surface area contributed by atoms with Crippen molar-refractivity contribution in [2.75, 3.05) is 18.0 Å². The molecule has 2 heterocycles. The van der Waals surface area contributed by atoms with Crippen molar-refractivity contribution in [2.45, 2.75) is 38.8 Å². The Morgan fingerprint density at radius 3 is 2.95 bits per heavy atom. The quantitative estimate of drug-likeness (QED) is 0.890. The van der Waals surface area contributed by atoms with Crippen LogP contribution >= 0.6 is 0 Å². The molecule has 1 fully saturated rings. The second kappa shape index (κ2) is 6.92. The van der Waals surface area contributed by atoms with Gasteiger partial charge in [0.1, 0.15) is 5.82 Å². The number of rotatable bonds is 6. The van der Waals surface area contributed by atoms with Crippen LogP contribution in [0.3, 0.4) is 0 Å². The minimum Gasteiger partial charge on any atom is -0.370 e. The Balaban J connectivity index is 1.49. The fourth-order valence-electron chi connectivity index (χ4n) is 2.87. The van der Waals surface area contributed by atoms with Gasteiger partial charge in [0.05, 0.1) is 12.2 Å². The Morgan fingerprint density at radius 2 is 2.18 bits per heavy atom. The lowest BCUT2D eigenvalue weighted by atomic mass is 10.2. The minimum absolute atomic E-state index is 0.189. The van der Waals surface area contributed by atoms with Crippen LogP contribution in [0.4, 0.5) is 10.1 Å². The maximum absolute atomic E-state index is 13.0. The summed E-state index contributed by atoms with van der Waals surface area (Å²) in [4.78, 5) is 2.28. The van der Waals surface area contributed by atoms with Crippen molar-refractivity contribution < 1.29 is 8.91 Å². The molecule has 118 valence electrons. The summed E-state index contributed by atoms with van der Waals surface area (Å²) >= 11 is 0. The molecule has 1 aromatic carbocycles. The summed E-state index contributed by atoms with van der Waals surface area (Å²) in [5, 5.41) is 7.58. The van der Waals surface area contributed by atoms with Gasteiger partial charge in [-0.1, -0.05) is 18.5 Å². The van der Waals surface area contributed by atoms with E-state index >= 15 is 0 Å². The van der Waals surface area contributed by atoms with E-state index in [0.717, 1.165) is 49.5 Å². The Kier molecular flexibility index (Phi) is 4.73. The molecule has 0 radical (unpaired) electrons. The molecule has 4 nitrogen and oxygen atoms in total. The molecule has 0 spiro atoms. The third-order valence-corrected chi connectivity index (χ3v) is 4.06. The van der Waals surface area contributed by atoms with Crippen molar-refractivity contribution in [3.05, 3.63) is 47.6 Å². The van der Waals surface area contributed by atoms with Crippen LogP contribution < -0.4 is 10.2 Å². The van der Waals surface area contributed by atoms with Crippen molar-refractivity contribution >= 4 is 5.69 Å². The summed E-state index contributed by atoms with van der Waals surface area (Å²) in [6.07, 6.45) is 3.12. The zero-order valence-electron chi connectivity index (χ0n) is 12.9. The van der Waals surface area contributed by atoms with Gasteiger partial charge >= 0.3 is 0 Å². The number of hydrogen-bond donors (Lipinski definition) is 1. The molecule has 0 aliphatic carbocycles. The Labute approximate surface area is 130 Å². The van der Waals surface area contributed by atoms with Crippen LogP contribution in [-0.4, -0.2) is 24.3 Å². The predicted molar refractivity (Wildman–Crippen MR) is 84.4 cm³/mol. The standard InChI is InChI=1S/C17H22FN3O/c1-2-3-14-10-17(22-20-14)11-19-15-8-9-21(12-15)16-6-4-13(18)5-7-16/h4-7,10,15,19H,2-3,8-9,11-12H2,1H3/t15-/m1/s1. The third kappa shape index (κ3) is 3.65. The van der Waals surface area contributed by atoms with Crippen molar-refractivity contribution in [3.63, 3.8) is 0 Å². The van der Waals surface area contributed by atoms with E-state index in [0.29, 0.717) is 12.6 Å². The van der Waals surface area contributed by atoms with Gasteiger partial charge in [-0.2, -0.15) is 0 Å². The van der Waals surface area contributed by atoms with E-state index in [9.17, 15) is 4.39 Å². The van der Waals surface area contributed by atoms with Crippen molar-refractivity contribution in [1.29, 1.82) is 0 Å². The molecule has 22 heavy (non-hydrogen) atoms. The van der Waals surface area contributed by atoms with Crippen LogP contribution in [0.25, 0.3) is 0 Å². The monoisotopic (exact) mass is 303 g/mol. The number of hydrogen-bond acceptors (Lipinski definition) is 4. The SMILES string of the molecule is CCCc1cc(CN[C@@H]2CCN(c3ccc(F)cc3)C2)on1. The van der Waals surface area contributed by atoms with Gasteiger partial charge in [0.2, 0.25) is 0 Å². The predicted octanol–water partition coefficient (Wildman–Crippen LogP) is 3.13. The van der Waals surface area contributed by atoms with Crippen LogP contribution in [0.15, 0.2) is 34.9 Å². The maximum Gasteiger partial charge on any atom is 0.150 e. The molecule has 0 bridgehead atoms. The van der Waals surface area contributed by atoms with Gasteiger partial charge in [-0.05, 0) is 37.1 Å². The zero-order valence-corrected chi connectivity index (χ0v) is 12.9. The van der Waals surface area contributed by atoms with Crippen LogP contribution in [0.1, 0.15) is 31.2 Å². The number of aromatic nitrogens is 1. The number of benzene rings is 1. The molecule has 1 atom stereocenters. The number of aryl methyl sites for hydroxylation is 1. The van der Waals surface area contributed by atoms with Gasteiger partial charge in [0, 0.05) is 30.9 Å². The summed E-state index contributed by atoms with van der Waals surface area (Å²) in [7, 11) is 0. The second-order valence-electron chi connectivity index (χ2n) is 5.82. The van der Waals surface area contributed by atoms with E-state index in [1.54, 1.807) is 0 Å². The number of nitrogens with one attached hydrogen (secondary N) is 1. The Hall–Kier alpha value is -1.88. The van der Waals surface area contributed by atoms with Gasteiger partial charge < -0.3 is 14.7 Å². The lowest BCUT2D eigenvalue weighted by Gasteiger charge is -2.18. The first kappa shape index (κ1) is 15.0. The highest BCUT2D eigenvalue weighted by atomic mass is 19.1. The Bertz CT molecular complexity index is 596. The van der Waals surface area contributed by atoms with E-state index in [1.807, 2.05) is 18.2 Å². The number of anilines is 1.